The van der Waals surface area contributed by atoms with Gasteiger partial charge in [0.15, 0.2) is 11.5 Å². The summed E-state index contributed by atoms with van der Waals surface area (Å²) < 4.78 is 13.2. The Labute approximate surface area is 119 Å². The van der Waals surface area contributed by atoms with Gasteiger partial charge in [-0.3, -0.25) is 0 Å². The molecule has 0 saturated heterocycles. The molecule has 0 amide bonds. The van der Waals surface area contributed by atoms with Crippen molar-refractivity contribution in [1.82, 2.24) is 19.9 Å². The number of hydrogen-bond donors (Lipinski definition) is 1. The molecule has 0 radical (unpaired) electrons. The summed E-state index contributed by atoms with van der Waals surface area (Å²) in [5.41, 5.74) is 2.05. The van der Waals surface area contributed by atoms with E-state index in [0.717, 1.165) is 5.56 Å². The van der Waals surface area contributed by atoms with E-state index in [9.17, 15) is 4.39 Å². The van der Waals surface area contributed by atoms with Crippen LogP contribution in [0.15, 0.2) is 30.6 Å². The number of aromatic amines is 1. The van der Waals surface area contributed by atoms with Crippen LogP contribution in [0.1, 0.15) is 5.56 Å². The Kier molecular flexibility index (Phi) is 3.23. The summed E-state index contributed by atoms with van der Waals surface area (Å²) in [5, 5.41) is 0.130. The van der Waals surface area contributed by atoms with Crippen LogP contribution in [0.5, 0.6) is 0 Å². The van der Waals surface area contributed by atoms with Gasteiger partial charge in [-0.05, 0) is 29.3 Å². The molecule has 5 nitrogen and oxygen atoms in total. The van der Waals surface area contributed by atoms with Crippen LogP contribution in [0.25, 0.3) is 11.2 Å². The summed E-state index contributed by atoms with van der Waals surface area (Å²) in [6, 6.07) is 6.44. The van der Waals surface area contributed by atoms with E-state index in [1.54, 1.807) is 6.07 Å². The number of rotatable bonds is 3. The number of benzene rings is 1. The van der Waals surface area contributed by atoms with Crippen molar-refractivity contribution in [3.05, 3.63) is 47.3 Å². The minimum absolute atomic E-state index is 0.130. The topological polar surface area (TPSA) is 57.7 Å². The molecule has 0 aliphatic rings. The first kappa shape index (κ1) is 12.8. The van der Waals surface area contributed by atoms with Gasteiger partial charge in [-0.15, -0.1) is 0 Å². The van der Waals surface area contributed by atoms with E-state index in [1.807, 2.05) is 18.0 Å². The fraction of sp³-hybridized carbons (Fsp3) is 0.154. The van der Waals surface area contributed by atoms with Gasteiger partial charge >= 0.3 is 0 Å². The van der Waals surface area contributed by atoms with Crippen LogP contribution in [-0.2, 0) is 6.54 Å². The van der Waals surface area contributed by atoms with Crippen molar-refractivity contribution < 1.29 is 4.39 Å². The van der Waals surface area contributed by atoms with E-state index in [2.05, 4.69) is 19.9 Å². The molecule has 0 unspecified atom stereocenters. The van der Waals surface area contributed by atoms with Gasteiger partial charge in [-0.1, -0.05) is 12.1 Å². The maximum absolute atomic E-state index is 13.2. The van der Waals surface area contributed by atoms with Gasteiger partial charge in [-0.25, -0.2) is 9.37 Å². The molecule has 0 aliphatic heterocycles. The van der Waals surface area contributed by atoms with Crippen molar-refractivity contribution >= 4 is 28.6 Å². The predicted molar refractivity (Wildman–Crippen MR) is 75.2 cm³/mol. The second kappa shape index (κ2) is 5.05. The third-order valence-electron chi connectivity index (χ3n) is 2.91. The van der Waals surface area contributed by atoms with Gasteiger partial charge in [-0.2, -0.15) is 9.97 Å². The summed E-state index contributed by atoms with van der Waals surface area (Å²) in [6.45, 7) is 0.499. The molecule has 7 heteroatoms. The Morgan fingerprint density at radius 2 is 2.20 bits per heavy atom. The third kappa shape index (κ3) is 2.42. The molecule has 0 atom stereocenters. The number of anilines is 1. The van der Waals surface area contributed by atoms with Crippen LogP contribution in [0.3, 0.4) is 0 Å². The fourth-order valence-electron chi connectivity index (χ4n) is 2.05. The SMILES string of the molecule is CN(Cc1cccc(F)c1)c1nc(Cl)nc2nc[nH]c12. The lowest BCUT2D eigenvalue weighted by Crippen LogP contribution is -2.18. The number of nitrogens with one attached hydrogen (secondary N) is 1. The lowest BCUT2D eigenvalue weighted by atomic mass is 10.2. The van der Waals surface area contributed by atoms with E-state index in [-0.39, 0.29) is 11.1 Å². The highest BCUT2D eigenvalue weighted by Crippen LogP contribution is 2.23. The fourth-order valence-corrected chi connectivity index (χ4v) is 2.21. The molecule has 102 valence electrons. The van der Waals surface area contributed by atoms with E-state index < -0.39 is 0 Å². The summed E-state index contributed by atoms with van der Waals surface area (Å²) in [4.78, 5) is 17.1. The second-order valence-electron chi connectivity index (χ2n) is 4.40. The highest BCUT2D eigenvalue weighted by atomic mass is 35.5. The van der Waals surface area contributed by atoms with Gasteiger partial charge in [0.2, 0.25) is 5.28 Å². The largest absolute Gasteiger partial charge is 0.353 e. The van der Waals surface area contributed by atoms with Crippen molar-refractivity contribution in [2.24, 2.45) is 0 Å². The Morgan fingerprint density at radius 3 is 3.00 bits per heavy atom. The molecule has 2 heterocycles. The zero-order valence-corrected chi connectivity index (χ0v) is 11.4. The van der Waals surface area contributed by atoms with Gasteiger partial charge in [0, 0.05) is 13.6 Å². The number of H-pyrrole nitrogens is 1. The standard InChI is InChI=1S/C13H11ClFN5/c1-20(6-8-3-2-4-9(15)5-8)12-10-11(17-7-16-10)18-13(14)19-12/h2-5,7H,6H2,1H3,(H,16,17,18,19). The summed E-state index contributed by atoms with van der Waals surface area (Å²) in [7, 11) is 1.85. The highest BCUT2D eigenvalue weighted by Gasteiger charge is 2.13. The number of fused-ring (bicyclic) bond motifs is 1. The number of imidazole rings is 1. The molecule has 20 heavy (non-hydrogen) atoms. The van der Waals surface area contributed by atoms with Crippen molar-refractivity contribution in [2.75, 3.05) is 11.9 Å². The quantitative estimate of drug-likeness (QED) is 0.754. The first-order valence-electron chi connectivity index (χ1n) is 5.95. The van der Waals surface area contributed by atoms with E-state index in [1.165, 1.54) is 18.5 Å². The van der Waals surface area contributed by atoms with Crippen LogP contribution in [0.4, 0.5) is 10.2 Å². The number of halogens is 2. The minimum Gasteiger partial charge on any atom is -0.353 e. The van der Waals surface area contributed by atoms with Gasteiger partial charge in [0.1, 0.15) is 11.3 Å². The smallest absolute Gasteiger partial charge is 0.226 e. The Morgan fingerprint density at radius 1 is 1.35 bits per heavy atom. The lowest BCUT2D eigenvalue weighted by Gasteiger charge is -2.18. The molecule has 0 bridgehead atoms. The molecule has 3 aromatic rings. The average Bonchev–Trinajstić information content (AvgIpc) is 2.85. The Balaban J connectivity index is 1.96. The summed E-state index contributed by atoms with van der Waals surface area (Å²) in [6.07, 6.45) is 1.54. The molecule has 3 rings (SSSR count). The molecule has 0 aliphatic carbocycles. The van der Waals surface area contributed by atoms with Crippen LogP contribution < -0.4 is 4.90 Å². The molecule has 2 aromatic heterocycles. The van der Waals surface area contributed by atoms with Gasteiger partial charge in [0.05, 0.1) is 6.33 Å². The highest BCUT2D eigenvalue weighted by molar-refractivity contribution is 6.28. The Hall–Kier alpha value is -2.21. The summed E-state index contributed by atoms with van der Waals surface area (Å²) >= 11 is 5.89. The van der Waals surface area contributed by atoms with Gasteiger partial charge in [0.25, 0.3) is 0 Å². The first-order chi connectivity index (χ1) is 9.63. The number of aromatic nitrogens is 4. The van der Waals surface area contributed by atoms with Crippen molar-refractivity contribution in [3.63, 3.8) is 0 Å². The van der Waals surface area contributed by atoms with Crippen LogP contribution >= 0.6 is 11.6 Å². The molecular weight excluding hydrogens is 281 g/mol. The van der Waals surface area contributed by atoms with Crippen molar-refractivity contribution in [2.45, 2.75) is 6.54 Å². The molecule has 0 saturated carbocycles. The first-order valence-corrected chi connectivity index (χ1v) is 6.33. The summed E-state index contributed by atoms with van der Waals surface area (Å²) in [5.74, 6) is 0.366. The van der Waals surface area contributed by atoms with Crippen molar-refractivity contribution in [3.8, 4) is 0 Å². The molecule has 0 spiro atoms. The average molecular weight is 292 g/mol. The minimum atomic E-state index is -0.261. The predicted octanol–water partition coefficient (Wildman–Crippen LogP) is 2.78. The molecule has 0 fully saturated rings. The second-order valence-corrected chi connectivity index (χ2v) is 4.74. The molecular formula is C13H11ClFN5. The van der Waals surface area contributed by atoms with E-state index in [0.29, 0.717) is 23.5 Å². The molecule has 1 aromatic carbocycles. The molecule has 1 N–H and O–H groups in total. The van der Waals surface area contributed by atoms with Crippen LogP contribution in [0.2, 0.25) is 5.28 Å². The number of nitrogens with zero attached hydrogens (tertiary/aromatic N) is 4. The van der Waals surface area contributed by atoms with Crippen LogP contribution in [0, 0.1) is 5.82 Å². The van der Waals surface area contributed by atoms with E-state index in [4.69, 9.17) is 11.6 Å². The van der Waals surface area contributed by atoms with Crippen LogP contribution in [-0.4, -0.2) is 27.0 Å². The van der Waals surface area contributed by atoms with Gasteiger partial charge < -0.3 is 9.88 Å². The zero-order valence-electron chi connectivity index (χ0n) is 10.6. The monoisotopic (exact) mass is 291 g/mol. The zero-order chi connectivity index (χ0) is 14.1. The van der Waals surface area contributed by atoms with Crippen molar-refractivity contribution in [1.29, 1.82) is 0 Å². The maximum Gasteiger partial charge on any atom is 0.226 e. The maximum atomic E-state index is 13.2. The van der Waals surface area contributed by atoms with E-state index >= 15 is 0 Å². The lowest BCUT2D eigenvalue weighted by molar-refractivity contribution is 0.625. The normalized spacial score (nSPS) is 10.9. The third-order valence-corrected chi connectivity index (χ3v) is 3.08. The Bertz CT molecular complexity index is 757. The number of hydrogen-bond acceptors (Lipinski definition) is 4.